The molecule has 1 saturated heterocycles. The average molecular weight is 501 g/mol. The van der Waals surface area contributed by atoms with E-state index in [9.17, 15) is 34.2 Å². The average Bonchev–Trinajstić information content (AvgIpc) is 3.26. The molecule has 0 aromatic carbocycles. The molecule has 1 aliphatic heterocycles. The van der Waals surface area contributed by atoms with Crippen LogP contribution in [-0.2, 0) is 24.0 Å². The number of aliphatic hydroxyl groups is 1. The van der Waals surface area contributed by atoms with Crippen molar-refractivity contribution in [3.63, 3.8) is 0 Å². The first-order valence-corrected chi connectivity index (χ1v) is 11.3. The van der Waals surface area contributed by atoms with Gasteiger partial charge in [-0.1, -0.05) is 0 Å². The van der Waals surface area contributed by atoms with E-state index in [-0.39, 0.29) is 18.8 Å². The highest BCUT2D eigenvalue weighted by Crippen LogP contribution is 2.19. The van der Waals surface area contributed by atoms with E-state index < -0.39 is 59.9 Å². The molecule has 0 aromatic rings. The van der Waals surface area contributed by atoms with E-state index in [1.165, 1.54) is 11.8 Å². The fourth-order valence-electron chi connectivity index (χ4n) is 3.62. The van der Waals surface area contributed by atoms with Crippen LogP contribution in [0.5, 0.6) is 0 Å². The maximum atomic E-state index is 13.0. The Morgan fingerprint density at radius 2 is 1.77 bits per heavy atom. The molecule has 5 atom stereocenters. The Morgan fingerprint density at radius 3 is 2.31 bits per heavy atom. The summed E-state index contributed by atoms with van der Waals surface area (Å²) in [5.74, 6) is -4.29. The number of carboxylic acid groups (broad SMARTS) is 1. The molecule has 0 aromatic heterocycles. The molecule has 15 heteroatoms. The van der Waals surface area contributed by atoms with Crippen molar-refractivity contribution in [3.8, 4) is 0 Å². The van der Waals surface area contributed by atoms with Crippen LogP contribution in [0.1, 0.15) is 45.4 Å². The van der Waals surface area contributed by atoms with Gasteiger partial charge in [-0.2, -0.15) is 0 Å². The molecular formula is C20H36N8O7. The number of primary amides is 1. The van der Waals surface area contributed by atoms with Crippen LogP contribution < -0.4 is 33.6 Å². The van der Waals surface area contributed by atoms with Crippen molar-refractivity contribution in [3.05, 3.63) is 0 Å². The Kier molecular flexibility index (Phi) is 11.9. The number of aliphatic imine (C=N–C) groups is 1. The highest BCUT2D eigenvalue weighted by Gasteiger charge is 2.38. The number of nitrogens with two attached hydrogens (primary N) is 4. The molecular weight excluding hydrogens is 464 g/mol. The van der Waals surface area contributed by atoms with Crippen molar-refractivity contribution in [2.45, 2.75) is 75.7 Å². The minimum Gasteiger partial charge on any atom is -0.480 e. The molecule has 0 bridgehead atoms. The molecule has 1 rings (SSSR count). The number of aliphatic hydroxyl groups excluding tert-OH is 1. The zero-order valence-electron chi connectivity index (χ0n) is 19.7. The number of amides is 4. The lowest BCUT2D eigenvalue weighted by Crippen LogP contribution is -2.58. The fourth-order valence-corrected chi connectivity index (χ4v) is 3.62. The summed E-state index contributed by atoms with van der Waals surface area (Å²) in [4.78, 5) is 66.1. The largest absolute Gasteiger partial charge is 0.480 e. The van der Waals surface area contributed by atoms with E-state index in [1.54, 1.807) is 0 Å². The first-order valence-electron chi connectivity index (χ1n) is 11.3. The van der Waals surface area contributed by atoms with Crippen molar-refractivity contribution in [2.75, 3.05) is 13.1 Å². The van der Waals surface area contributed by atoms with Crippen LogP contribution >= 0.6 is 0 Å². The molecule has 198 valence electrons. The third-order valence-corrected chi connectivity index (χ3v) is 5.48. The lowest BCUT2D eigenvalue weighted by Gasteiger charge is -2.28. The van der Waals surface area contributed by atoms with Crippen LogP contribution in [0.25, 0.3) is 0 Å². The third-order valence-electron chi connectivity index (χ3n) is 5.48. The highest BCUT2D eigenvalue weighted by molar-refractivity contribution is 5.94. The van der Waals surface area contributed by atoms with Gasteiger partial charge in [-0.3, -0.25) is 24.2 Å². The summed E-state index contributed by atoms with van der Waals surface area (Å²) in [6.07, 6.45) is -0.276. The number of likely N-dealkylation sites (tertiary alicyclic amines) is 1. The van der Waals surface area contributed by atoms with Gasteiger partial charge in [0, 0.05) is 19.5 Å². The van der Waals surface area contributed by atoms with Gasteiger partial charge < -0.3 is 48.7 Å². The standard InChI is InChI=1S/C20H36N8O7/c1-10(29)15(19(34)35)27-16(31)12(6-7-14(22)30)26-17(32)13-5-3-9-28(13)18(33)11(21)4-2-8-25-20(23)24/h10-13,15,29H,2-9,21H2,1H3,(H2,22,30)(H,26,32)(H,27,31)(H,34,35)(H4,23,24,25). The lowest BCUT2D eigenvalue weighted by molar-refractivity contribution is -0.145. The quantitative estimate of drug-likeness (QED) is 0.0651. The number of carbonyl (C=O) groups excluding carboxylic acids is 4. The SMILES string of the molecule is CC(O)C(NC(=O)C(CCC(N)=O)NC(=O)C1CCCN1C(=O)C(N)CCCN=C(N)N)C(=O)O. The van der Waals surface area contributed by atoms with Crippen LogP contribution in [0.4, 0.5) is 0 Å². The van der Waals surface area contributed by atoms with E-state index in [4.69, 9.17) is 22.9 Å². The second-order valence-corrected chi connectivity index (χ2v) is 8.38. The maximum Gasteiger partial charge on any atom is 0.328 e. The molecule has 1 heterocycles. The molecule has 12 N–H and O–H groups in total. The Labute approximate surface area is 202 Å². The summed E-state index contributed by atoms with van der Waals surface area (Å²) in [6, 6.07) is -4.73. The summed E-state index contributed by atoms with van der Waals surface area (Å²) < 4.78 is 0. The first-order chi connectivity index (χ1) is 16.3. The Balaban J connectivity index is 2.87. The van der Waals surface area contributed by atoms with Crippen molar-refractivity contribution < 1.29 is 34.2 Å². The molecule has 0 saturated carbocycles. The number of carboxylic acids is 1. The summed E-state index contributed by atoms with van der Waals surface area (Å²) >= 11 is 0. The predicted octanol–water partition coefficient (Wildman–Crippen LogP) is -3.94. The Hall–Kier alpha value is -3.46. The minimum atomic E-state index is -1.63. The number of nitrogens with one attached hydrogen (secondary N) is 2. The number of aliphatic carboxylic acids is 1. The zero-order chi connectivity index (χ0) is 26.7. The zero-order valence-corrected chi connectivity index (χ0v) is 19.7. The van der Waals surface area contributed by atoms with Crippen molar-refractivity contribution in [1.82, 2.24) is 15.5 Å². The normalized spacial score (nSPS) is 18.6. The molecule has 5 unspecified atom stereocenters. The number of nitrogens with zero attached hydrogens (tertiary/aromatic N) is 2. The van der Waals surface area contributed by atoms with Gasteiger partial charge in [-0.15, -0.1) is 0 Å². The van der Waals surface area contributed by atoms with Crippen molar-refractivity contribution >= 4 is 35.6 Å². The molecule has 4 amide bonds. The van der Waals surface area contributed by atoms with Gasteiger partial charge >= 0.3 is 5.97 Å². The molecule has 0 spiro atoms. The summed E-state index contributed by atoms with van der Waals surface area (Å²) in [6.45, 7) is 1.77. The van der Waals surface area contributed by atoms with Crippen molar-refractivity contribution in [1.29, 1.82) is 0 Å². The number of carbonyl (C=O) groups is 5. The van der Waals surface area contributed by atoms with Crippen LogP contribution in [-0.4, -0.2) is 94.0 Å². The molecule has 0 aliphatic carbocycles. The van der Waals surface area contributed by atoms with Gasteiger partial charge in [0.2, 0.25) is 23.6 Å². The van der Waals surface area contributed by atoms with E-state index in [1.807, 2.05) is 0 Å². The topological polar surface area (TPSA) is 270 Å². The number of hydrogen-bond donors (Lipinski definition) is 8. The second kappa shape index (κ2) is 14.1. The van der Waals surface area contributed by atoms with E-state index in [0.29, 0.717) is 38.8 Å². The van der Waals surface area contributed by atoms with Crippen LogP contribution in [0.2, 0.25) is 0 Å². The van der Waals surface area contributed by atoms with Crippen LogP contribution in [0.3, 0.4) is 0 Å². The van der Waals surface area contributed by atoms with Gasteiger partial charge in [0.15, 0.2) is 12.0 Å². The molecule has 1 aliphatic rings. The number of hydrogen-bond acceptors (Lipinski definition) is 8. The highest BCUT2D eigenvalue weighted by atomic mass is 16.4. The number of guanidine groups is 1. The van der Waals surface area contributed by atoms with Gasteiger partial charge in [-0.05, 0) is 39.0 Å². The molecule has 35 heavy (non-hydrogen) atoms. The van der Waals surface area contributed by atoms with E-state index >= 15 is 0 Å². The lowest BCUT2D eigenvalue weighted by atomic mass is 10.1. The summed E-state index contributed by atoms with van der Waals surface area (Å²) in [5.41, 5.74) is 21.6. The summed E-state index contributed by atoms with van der Waals surface area (Å²) in [7, 11) is 0. The minimum absolute atomic E-state index is 0.0702. The Bertz CT molecular complexity index is 815. The number of rotatable bonds is 14. The van der Waals surface area contributed by atoms with Crippen LogP contribution in [0.15, 0.2) is 4.99 Å². The fraction of sp³-hybridized carbons (Fsp3) is 0.700. The maximum absolute atomic E-state index is 13.0. The smallest absolute Gasteiger partial charge is 0.328 e. The van der Waals surface area contributed by atoms with E-state index in [2.05, 4.69) is 15.6 Å². The molecule has 0 radical (unpaired) electrons. The Morgan fingerprint density at radius 1 is 1.11 bits per heavy atom. The third kappa shape index (κ3) is 9.74. The van der Waals surface area contributed by atoms with Gasteiger partial charge in [-0.25, -0.2) is 4.79 Å². The second-order valence-electron chi connectivity index (χ2n) is 8.38. The first kappa shape index (κ1) is 29.6. The molecule has 15 nitrogen and oxygen atoms in total. The molecule has 1 fully saturated rings. The van der Waals surface area contributed by atoms with Gasteiger partial charge in [0.25, 0.3) is 0 Å². The van der Waals surface area contributed by atoms with Gasteiger partial charge in [0.05, 0.1) is 12.1 Å². The summed E-state index contributed by atoms with van der Waals surface area (Å²) in [5, 5.41) is 23.4. The van der Waals surface area contributed by atoms with Crippen LogP contribution in [0, 0.1) is 0 Å². The predicted molar refractivity (Wildman–Crippen MR) is 124 cm³/mol. The monoisotopic (exact) mass is 500 g/mol. The van der Waals surface area contributed by atoms with E-state index in [0.717, 1.165) is 0 Å². The van der Waals surface area contributed by atoms with Crippen molar-refractivity contribution in [2.24, 2.45) is 27.9 Å². The van der Waals surface area contributed by atoms with Gasteiger partial charge in [0.1, 0.15) is 12.1 Å².